The first kappa shape index (κ1) is 19.1. The Hall–Kier alpha value is -3.64. The van der Waals surface area contributed by atoms with Crippen LogP contribution in [0, 0.1) is 0 Å². The van der Waals surface area contributed by atoms with Gasteiger partial charge in [0.15, 0.2) is 5.82 Å². The lowest BCUT2D eigenvalue weighted by Gasteiger charge is -2.37. The fourth-order valence-corrected chi connectivity index (χ4v) is 4.57. The smallest absolute Gasteiger partial charge is 0.174 e. The normalized spacial score (nSPS) is 17.2. The van der Waals surface area contributed by atoms with Gasteiger partial charge in [-0.2, -0.15) is 10.2 Å². The molecule has 6 rings (SSSR count). The molecule has 12 heteroatoms. The molecular weight excluding hydrogens is 410 g/mol. The second-order valence-electron chi connectivity index (χ2n) is 7.78. The summed E-state index contributed by atoms with van der Waals surface area (Å²) in [6.07, 6.45) is 6.93. The number of anilines is 1. The molecule has 166 valence electrons. The van der Waals surface area contributed by atoms with Crippen molar-refractivity contribution in [3.05, 3.63) is 31.0 Å². The van der Waals surface area contributed by atoms with Crippen molar-refractivity contribution >= 4 is 5.82 Å². The van der Waals surface area contributed by atoms with Crippen molar-refractivity contribution in [2.75, 3.05) is 62.4 Å². The summed E-state index contributed by atoms with van der Waals surface area (Å²) in [7, 11) is 0. The summed E-state index contributed by atoms with van der Waals surface area (Å²) in [6, 6.07) is 2.00. The zero-order valence-corrected chi connectivity index (χ0v) is 17.6. The number of H-pyrrole nitrogens is 3. The Morgan fingerprint density at radius 2 is 1.75 bits per heavy atom. The minimum absolute atomic E-state index is 0.671. The number of aromatic amines is 3. The van der Waals surface area contributed by atoms with E-state index in [0.29, 0.717) is 19.0 Å². The lowest BCUT2D eigenvalue weighted by Crippen LogP contribution is -2.49. The quantitative estimate of drug-likeness (QED) is 0.355. The van der Waals surface area contributed by atoms with Crippen LogP contribution in [-0.2, 0) is 4.74 Å². The van der Waals surface area contributed by atoms with Gasteiger partial charge in [-0.1, -0.05) is 0 Å². The maximum Gasteiger partial charge on any atom is 0.174 e. The molecule has 0 radical (unpaired) electrons. The van der Waals surface area contributed by atoms with Crippen LogP contribution in [0.2, 0.25) is 0 Å². The van der Waals surface area contributed by atoms with E-state index >= 15 is 0 Å². The molecule has 0 aliphatic carbocycles. The highest BCUT2D eigenvalue weighted by Crippen LogP contribution is 2.46. The number of imidazole rings is 1. The molecule has 4 aromatic rings. The van der Waals surface area contributed by atoms with Gasteiger partial charge in [-0.3, -0.25) is 10.2 Å². The molecule has 0 aromatic carbocycles. The summed E-state index contributed by atoms with van der Waals surface area (Å²) in [5, 5.41) is 20.5. The molecule has 2 aliphatic rings. The van der Waals surface area contributed by atoms with E-state index in [2.05, 4.69) is 55.2 Å². The van der Waals surface area contributed by atoms with Crippen molar-refractivity contribution in [3.8, 4) is 34.2 Å². The summed E-state index contributed by atoms with van der Waals surface area (Å²) >= 11 is 0. The van der Waals surface area contributed by atoms with Crippen LogP contribution < -0.4 is 15.2 Å². The van der Waals surface area contributed by atoms with E-state index in [9.17, 15) is 0 Å². The van der Waals surface area contributed by atoms with Crippen molar-refractivity contribution in [1.29, 1.82) is 0 Å². The van der Waals surface area contributed by atoms with Crippen molar-refractivity contribution < 1.29 is 4.74 Å². The Morgan fingerprint density at radius 1 is 0.875 bits per heavy atom. The van der Waals surface area contributed by atoms with E-state index in [4.69, 9.17) is 4.74 Å². The minimum Gasteiger partial charge on any atom is -0.378 e. The van der Waals surface area contributed by atoms with Crippen molar-refractivity contribution in [1.82, 2.24) is 45.3 Å². The average Bonchev–Trinajstić information content (AvgIpc) is 3.65. The maximum absolute atomic E-state index is 5.67. The summed E-state index contributed by atoms with van der Waals surface area (Å²) < 4.78 is 7.95. The van der Waals surface area contributed by atoms with Crippen LogP contribution in [0.5, 0.6) is 0 Å². The summed E-state index contributed by atoms with van der Waals surface area (Å²) in [5.74, 6) is 2.55. The lowest BCUT2D eigenvalue weighted by atomic mass is 10.1. The molecule has 0 saturated carbocycles. The van der Waals surface area contributed by atoms with E-state index in [-0.39, 0.29) is 0 Å². The highest BCUT2D eigenvalue weighted by Gasteiger charge is 2.35. The Morgan fingerprint density at radius 3 is 2.44 bits per heavy atom. The van der Waals surface area contributed by atoms with E-state index in [1.54, 1.807) is 12.4 Å². The van der Waals surface area contributed by atoms with E-state index in [1.807, 2.05) is 12.3 Å². The standard InChI is InChI=1S/C20H25N11O/c1-2-25-27-14(1)15-16(18-22-3-4-23-18)17(19-24-13-26-28-19)31(30-9-11-32-12-10-30)20(15)29-7-5-21-6-8-29/h1-4,13,21H,5-12H2,(H,22,23)(H,25,27)(H,24,26,28). The molecule has 4 aromatic heterocycles. The Balaban J connectivity index is 1.70. The van der Waals surface area contributed by atoms with Gasteiger partial charge in [0.05, 0.1) is 43.1 Å². The largest absolute Gasteiger partial charge is 0.378 e. The van der Waals surface area contributed by atoms with E-state index < -0.39 is 0 Å². The van der Waals surface area contributed by atoms with Crippen molar-refractivity contribution in [2.45, 2.75) is 0 Å². The second kappa shape index (κ2) is 8.13. The summed E-state index contributed by atoms with van der Waals surface area (Å²) in [4.78, 5) is 14.9. The van der Waals surface area contributed by atoms with Gasteiger partial charge >= 0.3 is 0 Å². The second-order valence-corrected chi connectivity index (χ2v) is 7.78. The SMILES string of the molecule is c1cc(-c2c(-c3ncc[nH]3)c(-c3ncn[nH]3)n(N3CCOCC3)c2N2CCNCC2)[nH]n1. The van der Waals surface area contributed by atoms with Crippen molar-refractivity contribution in [2.24, 2.45) is 0 Å². The van der Waals surface area contributed by atoms with Gasteiger partial charge in [-0.15, -0.1) is 0 Å². The number of hydrogen-bond donors (Lipinski definition) is 4. The molecular formula is C20H25N11O. The Kier molecular flexibility index (Phi) is 4.85. The van der Waals surface area contributed by atoms with E-state index in [1.165, 1.54) is 6.33 Å². The van der Waals surface area contributed by atoms with Crippen molar-refractivity contribution in [3.63, 3.8) is 0 Å². The molecule has 0 bridgehead atoms. The average molecular weight is 435 g/mol. The predicted molar refractivity (Wildman–Crippen MR) is 119 cm³/mol. The van der Waals surface area contributed by atoms with Gasteiger partial charge in [0.25, 0.3) is 0 Å². The predicted octanol–water partition coefficient (Wildman–Crippen LogP) is 0.431. The number of ether oxygens (including phenoxy) is 1. The number of aromatic nitrogens is 8. The van der Waals surface area contributed by atoms with Crippen LogP contribution in [0.25, 0.3) is 34.2 Å². The van der Waals surface area contributed by atoms with Crippen LogP contribution >= 0.6 is 0 Å². The highest BCUT2D eigenvalue weighted by atomic mass is 16.5. The molecule has 2 fully saturated rings. The minimum atomic E-state index is 0.671. The molecule has 6 heterocycles. The zero-order valence-electron chi connectivity index (χ0n) is 17.6. The number of rotatable bonds is 5. The topological polar surface area (TPSA) is 132 Å². The first-order valence-corrected chi connectivity index (χ1v) is 10.8. The first-order chi connectivity index (χ1) is 15.9. The highest BCUT2D eigenvalue weighted by molar-refractivity contribution is 5.97. The third-order valence-electron chi connectivity index (χ3n) is 5.95. The number of morpholine rings is 1. The molecule has 0 unspecified atom stereocenters. The molecule has 4 N–H and O–H groups in total. The molecule has 12 nitrogen and oxygen atoms in total. The van der Waals surface area contributed by atoms with Gasteiger partial charge < -0.3 is 24.9 Å². The van der Waals surface area contributed by atoms with Gasteiger partial charge in [0, 0.05) is 44.8 Å². The van der Waals surface area contributed by atoms with Crippen LogP contribution in [0.4, 0.5) is 5.82 Å². The molecule has 0 amide bonds. The maximum atomic E-state index is 5.67. The van der Waals surface area contributed by atoms with Gasteiger partial charge in [-0.05, 0) is 6.07 Å². The zero-order chi connectivity index (χ0) is 21.3. The third-order valence-corrected chi connectivity index (χ3v) is 5.95. The molecule has 2 aliphatic heterocycles. The number of piperazine rings is 1. The molecule has 32 heavy (non-hydrogen) atoms. The summed E-state index contributed by atoms with van der Waals surface area (Å²) in [6.45, 7) is 6.51. The number of hydrogen-bond acceptors (Lipinski definition) is 8. The van der Waals surface area contributed by atoms with Crippen LogP contribution in [-0.4, -0.2) is 92.5 Å². The van der Waals surface area contributed by atoms with Crippen LogP contribution in [0.1, 0.15) is 0 Å². The van der Waals surface area contributed by atoms with Crippen LogP contribution in [0.3, 0.4) is 0 Å². The Bertz CT molecular complexity index is 1060. The van der Waals surface area contributed by atoms with Gasteiger partial charge in [-0.25, -0.2) is 14.6 Å². The third kappa shape index (κ3) is 3.15. The monoisotopic (exact) mass is 435 g/mol. The first-order valence-electron chi connectivity index (χ1n) is 10.8. The molecule has 0 atom stereocenters. The lowest BCUT2D eigenvalue weighted by molar-refractivity contribution is 0.112. The van der Waals surface area contributed by atoms with Gasteiger partial charge in [0.1, 0.15) is 23.7 Å². The Labute approximate surface area is 184 Å². The fraction of sp³-hybridized carbons (Fsp3) is 0.400. The number of nitrogens with one attached hydrogen (secondary N) is 4. The van der Waals surface area contributed by atoms with E-state index in [0.717, 1.165) is 73.4 Å². The molecule has 2 saturated heterocycles. The summed E-state index contributed by atoms with van der Waals surface area (Å²) in [5.41, 5.74) is 3.84. The van der Waals surface area contributed by atoms with Crippen LogP contribution in [0.15, 0.2) is 31.0 Å². The molecule has 0 spiro atoms. The fourth-order valence-electron chi connectivity index (χ4n) is 4.57. The van der Waals surface area contributed by atoms with Gasteiger partial charge in [0.2, 0.25) is 0 Å². The number of nitrogens with zero attached hydrogens (tertiary/aromatic N) is 7.